The third-order valence-electron chi connectivity index (χ3n) is 6.89. The molecule has 11 heteroatoms. The van der Waals surface area contributed by atoms with Crippen molar-refractivity contribution in [1.82, 2.24) is 19.6 Å². The van der Waals surface area contributed by atoms with Crippen molar-refractivity contribution in [2.75, 3.05) is 12.0 Å². The van der Waals surface area contributed by atoms with Gasteiger partial charge in [0.15, 0.2) is 10.1 Å². The number of pyridine rings is 1. The van der Waals surface area contributed by atoms with Gasteiger partial charge in [-0.3, -0.25) is 18.9 Å². The van der Waals surface area contributed by atoms with E-state index >= 15 is 0 Å². The van der Waals surface area contributed by atoms with E-state index < -0.39 is 17.7 Å². The van der Waals surface area contributed by atoms with Crippen LogP contribution in [-0.4, -0.2) is 43.5 Å². The van der Waals surface area contributed by atoms with Gasteiger partial charge in [-0.1, -0.05) is 71.1 Å². The molecule has 0 aliphatic carbocycles. The number of aryl methyl sites for hydroxylation is 2. The summed E-state index contributed by atoms with van der Waals surface area (Å²) >= 11 is 2.73. The molecule has 0 radical (unpaired) electrons. The van der Waals surface area contributed by atoms with Crippen LogP contribution < -0.4 is 9.64 Å². The first-order chi connectivity index (χ1) is 19.9. The summed E-state index contributed by atoms with van der Waals surface area (Å²) in [5.41, 5.74) is 4.38. The highest BCUT2D eigenvalue weighted by atomic mass is 32.2. The van der Waals surface area contributed by atoms with E-state index in [2.05, 4.69) is 39.4 Å². The van der Waals surface area contributed by atoms with Crippen LogP contribution in [0.15, 0.2) is 82.8 Å². The number of anilines is 1. The third kappa shape index (κ3) is 4.87. The highest BCUT2D eigenvalue weighted by molar-refractivity contribution is 8.00. The summed E-state index contributed by atoms with van der Waals surface area (Å²) in [5, 5.41) is 20.5. The molecule has 5 aromatic rings. The molecule has 6 rings (SSSR count). The minimum absolute atomic E-state index is 0.0435. The Morgan fingerprint density at radius 2 is 1.78 bits per heavy atom. The van der Waals surface area contributed by atoms with Crippen LogP contribution >= 0.6 is 23.1 Å². The lowest BCUT2D eigenvalue weighted by atomic mass is 9.96. The smallest absolute Gasteiger partial charge is 0.301 e. The van der Waals surface area contributed by atoms with Gasteiger partial charge >= 0.3 is 5.91 Å². The van der Waals surface area contributed by atoms with Gasteiger partial charge in [0.2, 0.25) is 5.13 Å². The zero-order valence-corrected chi connectivity index (χ0v) is 24.1. The Morgan fingerprint density at radius 3 is 2.51 bits per heavy atom. The van der Waals surface area contributed by atoms with Crippen LogP contribution in [0.4, 0.5) is 5.13 Å². The summed E-state index contributed by atoms with van der Waals surface area (Å²) in [4.78, 5) is 33.0. The molecular formula is C30H25N5O4S2. The number of Topliss-reactive ketones (excluding diaryl/α,β-unsaturated/α-hetero) is 1. The lowest BCUT2D eigenvalue weighted by Crippen LogP contribution is -2.29. The van der Waals surface area contributed by atoms with Crippen LogP contribution in [0.25, 0.3) is 11.4 Å². The SMILES string of the molecule is COc1ccc(C2/C(=C(\O)c3c(C)nc4ccccn34)C(=O)C(=O)N2c2nnc(SCc3ccc(C)cc3)s2)cc1. The first-order valence-corrected chi connectivity index (χ1v) is 14.6. The van der Waals surface area contributed by atoms with Crippen LogP contribution in [0, 0.1) is 13.8 Å². The Morgan fingerprint density at radius 1 is 1.02 bits per heavy atom. The van der Waals surface area contributed by atoms with Crippen molar-refractivity contribution < 1.29 is 19.4 Å². The van der Waals surface area contributed by atoms with E-state index in [4.69, 9.17) is 4.74 Å². The van der Waals surface area contributed by atoms with Gasteiger partial charge in [-0.2, -0.15) is 0 Å². The number of amides is 1. The standard InChI is InChI=1S/C30H25N5O4S2/c1-17-7-9-19(10-8-17)16-40-30-33-32-29(41-30)35-25(20-11-13-21(39-3)14-12-20)23(27(37)28(35)38)26(36)24-18(2)31-22-6-4-5-15-34(22)24/h4-15,25,36H,16H2,1-3H3/b26-23+. The first-order valence-electron chi connectivity index (χ1n) is 12.8. The maximum atomic E-state index is 13.6. The molecule has 1 atom stereocenters. The maximum absolute atomic E-state index is 13.6. The van der Waals surface area contributed by atoms with E-state index in [1.807, 2.05) is 19.1 Å². The molecule has 3 aromatic heterocycles. The number of carbonyl (C=O) groups excluding carboxylic acids is 2. The second kappa shape index (κ2) is 10.8. The Kier molecular flexibility index (Phi) is 7.06. The number of benzene rings is 2. The fourth-order valence-corrected chi connectivity index (χ4v) is 6.67. The quantitative estimate of drug-likeness (QED) is 0.0851. The van der Waals surface area contributed by atoms with Gasteiger partial charge in [0.25, 0.3) is 5.78 Å². The molecule has 1 aliphatic rings. The van der Waals surface area contributed by atoms with E-state index in [0.717, 1.165) is 5.56 Å². The number of hydrogen-bond donors (Lipinski definition) is 1. The fraction of sp³-hybridized carbons (Fsp3) is 0.167. The second-order valence-corrected chi connectivity index (χ2v) is 11.7. The number of fused-ring (bicyclic) bond motifs is 1. The molecular weight excluding hydrogens is 558 g/mol. The second-order valence-electron chi connectivity index (χ2n) is 9.54. The topological polar surface area (TPSA) is 110 Å². The number of carbonyl (C=O) groups is 2. The fourth-order valence-electron chi connectivity index (χ4n) is 4.85. The van der Waals surface area contributed by atoms with Crippen LogP contribution in [-0.2, 0) is 15.3 Å². The molecule has 2 aromatic carbocycles. The average molecular weight is 584 g/mol. The van der Waals surface area contributed by atoms with E-state index in [1.54, 1.807) is 55.0 Å². The molecule has 1 unspecified atom stereocenters. The van der Waals surface area contributed by atoms with Gasteiger partial charge in [0, 0.05) is 11.9 Å². The van der Waals surface area contributed by atoms with Crippen molar-refractivity contribution >= 4 is 51.3 Å². The molecule has 0 spiro atoms. The largest absolute Gasteiger partial charge is 0.505 e. The number of rotatable bonds is 7. The normalized spacial score (nSPS) is 16.6. The predicted octanol–water partition coefficient (Wildman–Crippen LogP) is 5.73. The van der Waals surface area contributed by atoms with Crippen molar-refractivity contribution in [1.29, 1.82) is 0 Å². The lowest BCUT2D eigenvalue weighted by molar-refractivity contribution is -0.132. The molecule has 206 valence electrons. The van der Waals surface area contributed by atoms with Crippen molar-refractivity contribution in [3.63, 3.8) is 0 Å². The van der Waals surface area contributed by atoms with Crippen molar-refractivity contribution in [2.24, 2.45) is 0 Å². The average Bonchev–Trinajstić information content (AvgIpc) is 3.66. The van der Waals surface area contributed by atoms with E-state index in [0.29, 0.717) is 38.4 Å². The summed E-state index contributed by atoms with van der Waals surface area (Å²) in [6.07, 6.45) is 1.76. The maximum Gasteiger partial charge on any atom is 0.301 e. The zero-order chi connectivity index (χ0) is 28.7. The lowest BCUT2D eigenvalue weighted by Gasteiger charge is -2.22. The van der Waals surface area contributed by atoms with Gasteiger partial charge in [0.1, 0.15) is 17.1 Å². The van der Waals surface area contributed by atoms with E-state index in [9.17, 15) is 14.7 Å². The Bertz CT molecular complexity index is 1810. The number of hydrogen-bond acceptors (Lipinski definition) is 9. The monoisotopic (exact) mass is 583 g/mol. The van der Waals surface area contributed by atoms with Gasteiger partial charge in [-0.05, 0) is 49.2 Å². The van der Waals surface area contributed by atoms with Gasteiger partial charge in [0.05, 0.1) is 24.4 Å². The minimum Gasteiger partial charge on any atom is -0.505 e. The van der Waals surface area contributed by atoms with Crippen molar-refractivity contribution in [3.05, 3.63) is 107 Å². The van der Waals surface area contributed by atoms with Gasteiger partial charge in [-0.15, -0.1) is 10.2 Å². The Balaban J connectivity index is 1.43. The van der Waals surface area contributed by atoms with Crippen molar-refractivity contribution in [2.45, 2.75) is 30.0 Å². The summed E-state index contributed by atoms with van der Waals surface area (Å²) < 4.78 is 7.68. The van der Waals surface area contributed by atoms with Crippen LogP contribution in [0.5, 0.6) is 5.75 Å². The molecule has 1 saturated heterocycles. The number of nitrogens with zero attached hydrogens (tertiary/aromatic N) is 5. The molecule has 1 amide bonds. The summed E-state index contributed by atoms with van der Waals surface area (Å²) in [7, 11) is 1.56. The molecule has 41 heavy (non-hydrogen) atoms. The Hall–Kier alpha value is -4.48. The molecule has 1 aliphatic heterocycles. The molecule has 1 fully saturated rings. The number of aromatic nitrogens is 4. The van der Waals surface area contributed by atoms with Crippen LogP contribution in [0.2, 0.25) is 0 Å². The number of aliphatic hydroxyl groups excluding tert-OH is 1. The highest BCUT2D eigenvalue weighted by Gasteiger charge is 2.48. The van der Waals surface area contributed by atoms with Crippen molar-refractivity contribution in [3.8, 4) is 5.75 Å². The van der Waals surface area contributed by atoms with Crippen LogP contribution in [0.1, 0.15) is 34.1 Å². The van der Waals surface area contributed by atoms with E-state index in [-0.39, 0.29) is 16.5 Å². The summed E-state index contributed by atoms with van der Waals surface area (Å²) in [5.74, 6) is -0.596. The Labute approximate surface area is 244 Å². The highest BCUT2D eigenvalue weighted by Crippen LogP contribution is 2.44. The van der Waals surface area contributed by atoms with Gasteiger partial charge in [-0.25, -0.2) is 4.98 Å². The number of methoxy groups -OCH3 is 1. The predicted molar refractivity (Wildman–Crippen MR) is 158 cm³/mol. The zero-order valence-electron chi connectivity index (χ0n) is 22.4. The summed E-state index contributed by atoms with van der Waals surface area (Å²) in [6, 6.07) is 19.8. The minimum atomic E-state index is -0.933. The molecule has 0 saturated carbocycles. The molecule has 0 bridgehead atoms. The third-order valence-corrected chi connectivity index (χ3v) is 9.02. The van der Waals surface area contributed by atoms with Crippen LogP contribution in [0.3, 0.4) is 0 Å². The number of thioether (sulfide) groups is 1. The summed E-state index contributed by atoms with van der Waals surface area (Å²) in [6.45, 7) is 3.79. The molecule has 9 nitrogen and oxygen atoms in total. The van der Waals surface area contributed by atoms with E-state index in [1.165, 1.54) is 33.6 Å². The number of aliphatic hydroxyl groups is 1. The van der Waals surface area contributed by atoms with Gasteiger partial charge < -0.3 is 9.84 Å². The molecule has 1 N–H and O–H groups in total. The number of ether oxygens (including phenoxy) is 1. The number of imidazole rings is 1. The molecule has 4 heterocycles. The first kappa shape index (κ1) is 26.7. The number of ketones is 1.